The van der Waals surface area contributed by atoms with Crippen LogP contribution in [0.4, 0.5) is 4.39 Å². The molecular weight excluding hydrogens is 241 g/mol. The summed E-state index contributed by atoms with van der Waals surface area (Å²) in [4.78, 5) is 4.21. The number of nitrogens with one attached hydrogen (secondary N) is 2. The molecular formula is C15H22FN3. The number of hydrogen-bond acceptors (Lipinski definition) is 1. The van der Waals surface area contributed by atoms with Crippen LogP contribution in [-0.4, -0.2) is 25.6 Å². The molecule has 0 radical (unpaired) electrons. The zero-order valence-corrected chi connectivity index (χ0v) is 11.5. The standard InChI is InChI=1S/C15H22FN3/c1-17-15(19-13-7-3-4-8-13)18-11-10-12-6-2-5-9-14(12)16/h2,5-6,9,13H,3-4,7-8,10-11H2,1H3,(H2,17,18,19). The minimum atomic E-state index is -0.136. The van der Waals surface area contributed by atoms with E-state index in [0.29, 0.717) is 19.0 Å². The molecule has 0 aliphatic heterocycles. The van der Waals surface area contributed by atoms with Gasteiger partial charge in [0.15, 0.2) is 5.96 Å². The number of nitrogens with zero attached hydrogens (tertiary/aromatic N) is 1. The molecule has 1 aliphatic rings. The number of rotatable bonds is 4. The Balaban J connectivity index is 1.76. The van der Waals surface area contributed by atoms with Crippen LogP contribution in [0, 0.1) is 5.82 Å². The maximum Gasteiger partial charge on any atom is 0.191 e. The Bertz CT molecular complexity index is 425. The molecule has 104 valence electrons. The van der Waals surface area contributed by atoms with E-state index in [-0.39, 0.29) is 5.82 Å². The zero-order chi connectivity index (χ0) is 13.5. The zero-order valence-electron chi connectivity index (χ0n) is 11.5. The van der Waals surface area contributed by atoms with Gasteiger partial charge in [-0.15, -0.1) is 0 Å². The van der Waals surface area contributed by atoms with Gasteiger partial charge in [-0.05, 0) is 30.9 Å². The van der Waals surface area contributed by atoms with Crippen molar-refractivity contribution in [1.29, 1.82) is 0 Å². The van der Waals surface area contributed by atoms with Crippen molar-refractivity contribution >= 4 is 5.96 Å². The predicted octanol–water partition coefficient (Wildman–Crippen LogP) is 2.48. The summed E-state index contributed by atoms with van der Waals surface area (Å²) in [6.45, 7) is 0.688. The molecule has 1 fully saturated rings. The third-order valence-electron chi connectivity index (χ3n) is 3.56. The van der Waals surface area contributed by atoms with Crippen molar-refractivity contribution in [2.75, 3.05) is 13.6 Å². The fourth-order valence-electron chi connectivity index (χ4n) is 2.47. The van der Waals surface area contributed by atoms with Crippen LogP contribution in [0.15, 0.2) is 29.3 Å². The SMILES string of the molecule is CN=C(NCCc1ccccc1F)NC1CCCC1. The summed E-state index contributed by atoms with van der Waals surface area (Å²) in [5, 5.41) is 6.66. The second-order valence-electron chi connectivity index (χ2n) is 4.97. The van der Waals surface area contributed by atoms with Gasteiger partial charge in [-0.2, -0.15) is 0 Å². The molecule has 1 aliphatic carbocycles. The number of hydrogen-bond donors (Lipinski definition) is 2. The molecule has 0 atom stereocenters. The average Bonchev–Trinajstić information content (AvgIpc) is 2.92. The third-order valence-corrected chi connectivity index (χ3v) is 3.56. The lowest BCUT2D eigenvalue weighted by molar-refractivity contribution is 0.599. The molecule has 1 saturated carbocycles. The number of halogens is 1. The Kier molecular flexibility index (Phi) is 5.19. The van der Waals surface area contributed by atoms with Crippen LogP contribution in [0.25, 0.3) is 0 Å². The van der Waals surface area contributed by atoms with Gasteiger partial charge in [0.1, 0.15) is 5.82 Å². The monoisotopic (exact) mass is 263 g/mol. The van der Waals surface area contributed by atoms with Crippen molar-refractivity contribution in [3.63, 3.8) is 0 Å². The molecule has 0 spiro atoms. The van der Waals surface area contributed by atoms with Crippen LogP contribution in [0.3, 0.4) is 0 Å². The summed E-state index contributed by atoms with van der Waals surface area (Å²) in [5.41, 5.74) is 0.742. The summed E-state index contributed by atoms with van der Waals surface area (Å²) in [7, 11) is 1.77. The van der Waals surface area contributed by atoms with Gasteiger partial charge < -0.3 is 10.6 Å². The van der Waals surface area contributed by atoms with E-state index in [9.17, 15) is 4.39 Å². The van der Waals surface area contributed by atoms with E-state index in [1.54, 1.807) is 13.1 Å². The van der Waals surface area contributed by atoms with Crippen LogP contribution in [0.1, 0.15) is 31.2 Å². The van der Waals surface area contributed by atoms with Crippen LogP contribution in [-0.2, 0) is 6.42 Å². The van der Waals surface area contributed by atoms with Gasteiger partial charge >= 0.3 is 0 Å². The molecule has 2 rings (SSSR count). The molecule has 1 aromatic rings. The van der Waals surface area contributed by atoms with Crippen LogP contribution in [0.5, 0.6) is 0 Å². The highest BCUT2D eigenvalue weighted by molar-refractivity contribution is 5.79. The highest BCUT2D eigenvalue weighted by Gasteiger charge is 2.15. The summed E-state index contributed by atoms with van der Waals surface area (Å²) in [6.07, 6.45) is 5.69. The number of aliphatic imine (C=N–C) groups is 1. The Morgan fingerprint density at radius 3 is 2.74 bits per heavy atom. The Labute approximate surface area is 114 Å². The number of benzene rings is 1. The first kappa shape index (κ1) is 13.8. The van der Waals surface area contributed by atoms with E-state index in [4.69, 9.17) is 0 Å². The topological polar surface area (TPSA) is 36.4 Å². The first-order valence-corrected chi connectivity index (χ1v) is 7.00. The fourth-order valence-corrected chi connectivity index (χ4v) is 2.47. The summed E-state index contributed by atoms with van der Waals surface area (Å²) < 4.78 is 13.4. The smallest absolute Gasteiger partial charge is 0.191 e. The van der Waals surface area contributed by atoms with Crippen molar-refractivity contribution in [1.82, 2.24) is 10.6 Å². The summed E-state index contributed by atoms with van der Waals surface area (Å²) >= 11 is 0. The molecule has 2 N–H and O–H groups in total. The lowest BCUT2D eigenvalue weighted by atomic mass is 10.1. The van der Waals surface area contributed by atoms with E-state index in [1.807, 2.05) is 12.1 Å². The highest BCUT2D eigenvalue weighted by atomic mass is 19.1. The van der Waals surface area contributed by atoms with E-state index < -0.39 is 0 Å². The van der Waals surface area contributed by atoms with Crippen LogP contribution < -0.4 is 10.6 Å². The number of guanidine groups is 1. The molecule has 19 heavy (non-hydrogen) atoms. The van der Waals surface area contributed by atoms with Gasteiger partial charge in [0.05, 0.1) is 0 Å². The van der Waals surface area contributed by atoms with Crippen molar-refractivity contribution in [2.45, 2.75) is 38.1 Å². The predicted molar refractivity (Wildman–Crippen MR) is 76.9 cm³/mol. The van der Waals surface area contributed by atoms with E-state index in [2.05, 4.69) is 15.6 Å². The molecule has 0 aromatic heterocycles. The van der Waals surface area contributed by atoms with Crippen molar-refractivity contribution in [3.8, 4) is 0 Å². The van der Waals surface area contributed by atoms with Crippen molar-refractivity contribution < 1.29 is 4.39 Å². The van der Waals surface area contributed by atoms with Gasteiger partial charge in [-0.3, -0.25) is 4.99 Å². The van der Waals surface area contributed by atoms with E-state index in [0.717, 1.165) is 11.5 Å². The Morgan fingerprint density at radius 1 is 1.32 bits per heavy atom. The molecule has 0 unspecified atom stereocenters. The Morgan fingerprint density at radius 2 is 2.05 bits per heavy atom. The minimum Gasteiger partial charge on any atom is -0.356 e. The normalized spacial score (nSPS) is 16.6. The molecule has 1 aromatic carbocycles. The quantitative estimate of drug-likeness (QED) is 0.647. The summed E-state index contributed by atoms with van der Waals surface area (Å²) in [6, 6.07) is 7.45. The Hall–Kier alpha value is -1.58. The second-order valence-corrected chi connectivity index (χ2v) is 4.97. The lowest BCUT2D eigenvalue weighted by Crippen LogP contribution is -2.43. The fraction of sp³-hybridized carbons (Fsp3) is 0.533. The van der Waals surface area contributed by atoms with E-state index >= 15 is 0 Å². The highest BCUT2D eigenvalue weighted by Crippen LogP contribution is 2.17. The van der Waals surface area contributed by atoms with Crippen LogP contribution in [0.2, 0.25) is 0 Å². The first-order valence-electron chi connectivity index (χ1n) is 7.00. The van der Waals surface area contributed by atoms with Gasteiger partial charge in [0.25, 0.3) is 0 Å². The van der Waals surface area contributed by atoms with Gasteiger partial charge in [0, 0.05) is 19.6 Å². The first-order chi connectivity index (χ1) is 9.29. The largest absolute Gasteiger partial charge is 0.356 e. The molecule has 4 heteroatoms. The third kappa shape index (κ3) is 4.23. The molecule has 0 saturated heterocycles. The maximum absolute atomic E-state index is 13.4. The van der Waals surface area contributed by atoms with Crippen molar-refractivity contribution in [2.24, 2.45) is 4.99 Å². The van der Waals surface area contributed by atoms with E-state index in [1.165, 1.54) is 31.7 Å². The van der Waals surface area contributed by atoms with Gasteiger partial charge in [0.2, 0.25) is 0 Å². The van der Waals surface area contributed by atoms with Crippen LogP contribution >= 0.6 is 0 Å². The van der Waals surface area contributed by atoms with Crippen molar-refractivity contribution in [3.05, 3.63) is 35.6 Å². The van der Waals surface area contributed by atoms with Gasteiger partial charge in [-0.1, -0.05) is 31.0 Å². The molecule has 0 heterocycles. The molecule has 3 nitrogen and oxygen atoms in total. The van der Waals surface area contributed by atoms with Gasteiger partial charge in [-0.25, -0.2) is 4.39 Å². The molecule has 0 bridgehead atoms. The second kappa shape index (κ2) is 7.12. The average molecular weight is 263 g/mol. The lowest BCUT2D eigenvalue weighted by Gasteiger charge is -2.16. The minimum absolute atomic E-state index is 0.136. The maximum atomic E-state index is 13.4. The molecule has 0 amide bonds. The summed E-state index contributed by atoms with van der Waals surface area (Å²) in [5.74, 6) is 0.686.